The summed E-state index contributed by atoms with van der Waals surface area (Å²) < 4.78 is 7.24. The van der Waals surface area contributed by atoms with Gasteiger partial charge in [0, 0.05) is 0 Å². The van der Waals surface area contributed by atoms with Gasteiger partial charge in [-0.15, -0.1) is 0 Å². The highest BCUT2D eigenvalue weighted by Gasteiger charge is 2.50. The summed E-state index contributed by atoms with van der Waals surface area (Å²) in [5.41, 5.74) is 5.34. The molecule has 0 saturated carbocycles. The lowest BCUT2D eigenvalue weighted by molar-refractivity contribution is -1.07. The highest BCUT2D eigenvalue weighted by atomic mass is 16.5. The van der Waals surface area contributed by atoms with Crippen molar-refractivity contribution in [2.24, 2.45) is 11.1 Å². The number of nitrogens with zero attached hydrogens (tertiary/aromatic N) is 2. The monoisotopic (exact) mass is 313 g/mol. The highest BCUT2D eigenvalue weighted by Crippen LogP contribution is 2.27. The van der Waals surface area contributed by atoms with Crippen molar-refractivity contribution in [1.29, 1.82) is 0 Å². The van der Waals surface area contributed by atoms with Crippen molar-refractivity contribution in [1.82, 2.24) is 0 Å². The maximum atomic E-state index is 12.3. The van der Waals surface area contributed by atoms with Crippen molar-refractivity contribution in [2.75, 3.05) is 52.4 Å². The van der Waals surface area contributed by atoms with Gasteiger partial charge in [0.2, 0.25) is 0 Å². The first kappa shape index (κ1) is 17.2. The largest absolute Gasteiger partial charge is 0.458 e. The second kappa shape index (κ2) is 5.81. The van der Waals surface area contributed by atoms with Crippen LogP contribution < -0.4 is 5.73 Å². The molecule has 2 bridgehead atoms. The Hall–Kier alpha value is -1.14. The standard InChI is InChI=1S/C16H30N3O3/c1-13(16(2,3)4)22-15(21)12-19-8-5-18(6-9-19,7-10-19)11-14(17)20/h13H,5-12H2,1-4H3,(H-,17,20)/q+1/p+1/t13-,18?,19?/m1/s1. The third-order valence-electron chi connectivity index (χ3n) is 5.63. The fraction of sp³-hybridized carbons (Fsp3) is 0.875. The Bertz CT molecular complexity index is 432. The van der Waals surface area contributed by atoms with Crippen LogP contribution in [0.4, 0.5) is 0 Å². The van der Waals surface area contributed by atoms with E-state index in [2.05, 4.69) is 20.8 Å². The number of piperazine rings is 3. The number of fused-ring (bicyclic) bond motifs is 3. The van der Waals surface area contributed by atoms with E-state index in [9.17, 15) is 9.59 Å². The second-order valence-electron chi connectivity index (χ2n) is 8.31. The van der Waals surface area contributed by atoms with Crippen LogP contribution in [0.15, 0.2) is 0 Å². The topological polar surface area (TPSA) is 69.4 Å². The third kappa shape index (κ3) is 3.79. The van der Waals surface area contributed by atoms with E-state index in [1.54, 1.807) is 0 Å². The summed E-state index contributed by atoms with van der Waals surface area (Å²) in [6, 6.07) is 0. The van der Waals surface area contributed by atoms with Gasteiger partial charge in [0.25, 0.3) is 5.91 Å². The van der Waals surface area contributed by atoms with Crippen LogP contribution in [0, 0.1) is 5.41 Å². The second-order valence-corrected chi connectivity index (χ2v) is 8.31. The van der Waals surface area contributed by atoms with E-state index in [0.717, 1.165) is 48.2 Å². The van der Waals surface area contributed by atoms with Crippen molar-refractivity contribution < 1.29 is 23.3 Å². The fourth-order valence-corrected chi connectivity index (χ4v) is 3.43. The average molecular weight is 313 g/mol. The first-order chi connectivity index (χ1) is 10.1. The molecular formula is C16H31N3O3+2. The van der Waals surface area contributed by atoms with E-state index < -0.39 is 0 Å². The lowest BCUT2D eigenvalue weighted by atomic mass is 9.90. The smallest absolute Gasteiger partial charge is 0.362 e. The molecule has 3 rings (SSSR count). The van der Waals surface area contributed by atoms with Gasteiger partial charge in [-0.05, 0) is 12.3 Å². The predicted octanol–water partition coefficient (Wildman–Crippen LogP) is 0.110. The molecule has 0 aromatic carbocycles. The number of hydrogen-bond acceptors (Lipinski definition) is 3. The molecule has 126 valence electrons. The number of esters is 1. The van der Waals surface area contributed by atoms with Gasteiger partial charge in [0.05, 0.1) is 0 Å². The molecule has 3 saturated heterocycles. The average Bonchev–Trinajstić information content (AvgIpc) is 2.38. The van der Waals surface area contributed by atoms with E-state index in [0.29, 0.717) is 13.1 Å². The van der Waals surface area contributed by atoms with Crippen LogP contribution in [0.1, 0.15) is 27.7 Å². The van der Waals surface area contributed by atoms with Gasteiger partial charge in [-0.2, -0.15) is 0 Å². The van der Waals surface area contributed by atoms with Crippen molar-refractivity contribution in [3.63, 3.8) is 0 Å². The summed E-state index contributed by atoms with van der Waals surface area (Å²) in [5, 5.41) is 0. The lowest BCUT2D eigenvalue weighted by Gasteiger charge is -2.54. The quantitative estimate of drug-likeness (QED) is 0.578. The third-order valence-corrected chi connectivity index (χ3v) is 5.63. The number of nitrogens with two attached hydrogens (primary N) is 1. The fourth-order valence-electron chi connectivity index (χ4n) is 3.43. The van der Waals surface area contributed by atoms with Crippen LogP contribution in [0.5, 0.6) is 0 Å². The summed E-state index contributed by atoms with van der Waals surface area (Å²) in [6.07, 6.45) is -0.0856. The maximum Gasteiger partial charge on any atom is 0.362 e. The van der Waals surface area contributed by atoms with Gasteiger partial charge in [-0.25, -0.2) is 4.79 Å². The van der Waals surface area contributed by atoms with E-state index in [1.165, 1.54) is 0 Å². The number of carbonyl (C=O) groups is 2. The van der Waals surface area contributed by atoms with Crippen molar-refractivity contribution >= 4 is 11.9 Å². The van der Waals surface area contributed by atoms with Crippen LogP contribution in [0.25, 0.3) is 0 Å². The Labute approximate surface area is 133 Å². The van der Waals surface area contributed by atoms with Crippen LogP contribution in [-0.4, -0.2) is 79.3 Å². The Kier molecular flexibility index (Phi) is 4.55. The van der Waals surface area contributed by atoms with Gasteiger partial charge >= 0.3 is 5.97 Å². The first-order valence-electron chi connectivity index (χ1n) is 8.24. The molecule has 0 spiro atoms. The molecule has 3 fully saturated rings. The molecular weight excluding hydrogens is 282 g/mol. The Morgan fingerprint density at radius 1 is 1.00 bits per heavy atom. The van der Waals surface area contributed by atoms with Gasteiger partial charge in [-0.1, -0.05) is 20.8 Å². The molecule has 1 atom stereocenters. The summed E-state index contributed by atoms with van der Waals surface area (Å²) >= 11 is 0. The summed E-state index contributed by atoms with van der Waals surface area (Å²) in [7, 11) is 0. The summed E-state index contributed by atoms with van der Waals surface area (Å²) in [4.78, 5) is 23.5. The van der Waals surface area contributed by atoms with Crippen LogP contribution in [0.3, 0.4) is 0 Å². The number of primary amides is 1. The molecule has 22 heavy (non-hydrogen) atoms. The van der Waals surface area contributed by atoms with Gasteiger partial charge < -0.3 is 19.4 Å². The summed E-state index contributed by atoms with van der Waals surface area (Å²) in [5.74, 6) is -0.320. The number of amides is 1. The van der Waals surface area contributed by atoms with E-state index in [1.807, 2.05) is 6.92 Å². The maximum absolute atomic E-state index is 12.3. The zero-order valence-electron chi connectivity index (χ0n) is 14.4. The molecule has 6 nitrogen and oxygen atoms in total. The van der Waals surface area contributed by atoms with Gasteiger partial charge in [-0.3, -0.25) is 4.79 Å². The first-order valence-corrected chi connectivity index (χ1v) is 8.24. The van der Waals surface area contributed by atoms with E-state index in [4.69, 9.17) is 10.5 Å². The molecule has 0 unspecified atom stereocenters. The minimum absolute atomic E-state index is 0.0347. The molecule has 3 heterocycles. The number of hydrogen-bond donors (Lipinski definition) is 1. The normalized spacial score (nSPS) is 32.5. The number of quaternary nitrogens is 2. The van der Waals surface area contributed by atoms with Crippen LogP contribution in [0.2, 0.25) is 0 Å². The molecule has 0 aliphatic carbocycles. The zero-order chi connectivity index (χ0) is 16.6. The number of carbonyl (C=O) groups excluding carboxylic acids is 2. The minimum atomic E-state index is -0.222. The van der Waals surface area contributed by atoms with Crippen molar-refractivity contribution in [3.8, 4) is 0 Å². The van der Waals surface area contributed by atoms with E-state index in [-0.39, 0.29) is 23.4 Å². The molecule has 6 heteroatoms. The Morgan fingerprint density at radius 3 is 1.77 bits per heavy atom. The number of ether oxygens (including phenoxy) is 1. The molecule has 0 aromatic rings. The number of rotatable bonds is 5. The molecule has 0 aromatic heterocycles. The minimum Gasteiger partial charge on any atom is -0.458 e. The van der Waals surface area contributed by atoms with Crippen molar-refractivity contribution in [3.05, 3.63) is 0 Å². The predicted molar refractivity (Wildman–Crippen MR) is 83.7 cm³/mol. The molecule has 3 aliphatic heterocycles. The highest BCUT2D eigenvalue weighted by molar-refractivity contribution is 5.75. The summed E-state index contributed by atoms with van der Waals surface area (Å²) in [6.45, 7) is 14.7. The molecule has 1 amide bonds. The lowest BCUT2D eigenvalue weighted by Crippen LogP contribution is -2.76. The Morgan fingerprint density at radius 2 is 1.41 bits per heavy atom. The molecule has 3 aliphatic rings. The molecule has 2 N–H and O–H groups in total. The Balaban J connectivity index is 1.90. The van der Waals surface area contributed by atoms with Crippen molar-refractivity contribution in [2.45, 2.75) is 33.8 Å². The van der Waals surface area contributed by atoms with Gasteiger partial charge in [0.15, 0.2) is 13.1 Å². The van der Waals surface area contributed by atoms with Crippen LogP contribution in [-0.2, 0) is 14.3 Å². The van der Waals surface area contributed by atoms with E-state index >= 15 is 0 Å². The zero-order valence-corrected chi connectivity index (χ0v) is 14.4. The van der Waals surface area contributed by atoms with Gasteiger partial charge in [0.1, 0.15) is 45.4 Å². The SMILES string of the molecule is C[C@@H](OC(=O)C[N+]12CC[N+](CC(N)=O)(CC1)CC2)C(C)(C)C. The van der Waals surface area contributed by atoms with Crippen LogP contribution >= 0.6 is 0 Å². The molecule has 0 radical (unpaired) electrons.